The SMILES string of the molecule is COCCn1nc2n(c1=O)CCN(C(=O)NCc1cccc(OC)c1)CC2. The van der Waals surface area contributed by atoms with Gasteiger partial charge in [-0.05, 0) is 17.7 Å². The van der Waals surface area contributed by atoms with Crippen LogP contribution in [0.2, 0.25) is 0 Å². The molecule has 0 atom stereocenters. The van der Waals surface area contributed by atoms with Gasteiger partial charge < -0.3 is 19.7 Å². The van der Waals surface area contributed by atoms with Crippen molar-refractivity contribution in [3.05, 3.63) is 46.1 Å². The molecule has 27 heavy (non-hydrogen) atoms. The van der Waals surface area contributed by atoms with Crippen LogP contribution < -0.4 is 15.7 Å². The lowest BCUT2D eigenvalue weighted by Gasteiger charge is -2.20. The highest BCUT2D eigenvalue weighted by molar-refractivity contribution is 5.74. The monoisotopic (exact) mass is 375 g/mol. The minimum atomic E-state index is -0.152. The van der Waals surface area contributed by atoms with E-state index in [0.717, 1.165) is 11.3 Å². The highest BCUT2D eigenvalue weighted by Crippen LogP contribution is 2.12. The van der Waals surface area contributed by atoms with Crippen LogP contribution in [0.25, 0.3) is 0 Å². The van der Waals surface area contributed by atoms with Crippen molar-refractivity contribution >= 4 is 6.03 Å². The lowest BCUT2D eigenvalue weighted by molar-refractivity contribution is 0.181. The number of methoxy groups -OCH3 is 2. The van der Waals surface area contributed by atoms with E-state index in [0.29, 0.717) is 51.6 Å². The second-order valence-corrected chi connectivity index (χ2v) is 6.31. The van der Waals surface area contributed by atoms with Gasteiger partial charge in [0.15, 0.2) is 0 Å². The molecule has 1 N–H and O–H groups in total. The average Bonchev–Trinajstić information content (AvgIpc) is 2.86. The third-order valence-corrected chi connectivity index (χ3v) is 4.57. The van der Waals surface area contributed by atoms with E-state index in [1.807, 2.05) is 24.3 Å². The van der Waals surface area contributed by atoms with Crippen molar-refractivity contribution in [1.29, 1.82) is 0 Å². The normalized spacial score (nSPS) is 13.8. The summed E-state index contributed by atoms with van der Waals surface area (Å²) in [4.78, 5) is 26.6. The third kappa shape index (κ3) is 4.48. The molecule has 0 radical (unpaired) electrons. The standard InChI is InChI=1S/C18H25N5O4/c1-26-11-10-23-18(25)22-9-8-21(7-6-16(22)20-23)17(24)19-13-14-4-3-5-15(12-14)27-2/h3-5,12H,6-11,13H2,1-2H3,(H,19,24). The Morgan fingerprint density at radius 2 is 2.11 bits per heavy atom. The van der Waals surface area contributed by atoms with Gasteiger partial charge in [0.2, 0.25) is 0 Å². The Labute approximate surface area is 157 Å². The largest absolute Gasteiger partial charge is 0.497 e. The molecular formula is C18H25N5O4. The summed E-state index contributed by atoms with van der Waals surface area (Å²) in [5.74, 6) is 1.46. The van der Waals surface area contributed by atoms with E-state index in [-0.39, 0.29) is 11.7 Å². The van der Waals surface area contributed by atoms with Gasteiger partial charge in [-0.2, -0.15) is 5.10 Å². The Bertz CT molecular complexity index is 845. The first-order chi connectivity index (χ1) is 13.1. The first-order valence-corrected chi connectivity index (χ1v) is 8.93. The number of benzene rings is 1. The number of carbonyl (C=O) groups is 1. The smallest absolute Gasteiger partial charge is 0.346 e. The summed E-state index contributed by atoms with van der Waals surface area (Å²) in [5.41, 5.74) is 0.812. The van der Waals surface area contributed by atoms with Crippen LogP contribution in [0.5, 0.6) is 5.75 Å². The van der Waals surface area contributed by atoms with E-state index in [2.05, 4.69) is 10.4 Å². The minimum absolute atomic E-state index is 0.150. The Balaban J connectivity index is 1.57. The molecule has 9 nitrogen and oxygen atoms in total. The number of amides is 2. The summed E-state index contributed by atoms with van der Waals surface area (Å²) in [7, 11) is 3.20. The van der Waals surface area contributed by atoms with Gasteiger partial charge >= 0.3 is 11.7 Å². The van der Waals surface area contributed by atoms with Gasteiger partial charge in [-0.15, -0.1) is 0 Å². The van der Waals surface area contributed by atoms with Crippen molar-refractivity contribution < 1.29 is 14.3 Å². The first kappa shape index (κ1) is 19.0. The molecule has 2 heterocycles. The number of aromatic nitrogens is 3. The summed E-state index contributed by atoms with van der Waals surface area (Å²) in [6.07, 6.45) is 0.543. The summed E-state index contributed by atoms with van der Waals surface area (Å²) in [6.45, 7) is 2.71. The molecule has 0 saturated heterocycles. The minimum Gasteiger partial charge on any atom is -0.497 e. The molecular weight excluding hydrogens is 350 g/mol. The molecule has 0 aliphatic carbocycles. The highest BCUT2D eigenvalue weighted by Gasteiger charge is 2.22. The molecule has 1 aliphatic heterocycles. The van der Waals surface area contributed by atoms with Gasteiger partial charge in [0.1, 0.15) is 11.6 Å². The zero-order valence-electron chi connectivity index (χ0n) is 15.7. The molecule has 0 saturated carbocycles. The first-order valence-electron chi connectivity index (χ1n) is 8.93. The van der Waals surface area contributed by atoms with Crippen molar-refractivity contribution in [2.75, 3.05) is 33.9 Å². The van der Waals surface area contributed by atoms with Crippen molar-refractivity contribution in [3.63, 3.8) is 0 Å². The number of nitrogens with one attached hydrogen (secondary N) is 1. The number of hydrogen-bond donors (Lipinski definition) is 1. The number of rotatable bonds is 6. The van der Waals surface area contributed by atoms with E-state index in [9.17, 15) is 9.59 Å². The predicted molar refractivity (Wildman–Crippen MR) is 98.9 cm³/mol. The zero-order chi connectivity index (χ0) is 19.2. The lowest BCUT2D eigenvalue weighted by atomic mass is 10.2. The van der Waals surface area contributed by atoms with Crippen LogP contribution in [0.1, 0.15) is 11.4 Å². The quantitative estimate of drug-likeness (QED) is 0.793. The topological polar surface area (TPSA) is 90.6 Å². The van der Waals surface area contributed by atoms with E-state index in [1.165, 1.54) is 4.68 Å². The summed E-state index contributed by atoms with van der Waals surface area (Å²) >= 11 is 0. The summed E-state index contributed by atoms with van der Waals surface area (Å²) in [6, 6.07) is 7.42. The molecule has 9 heteroatoms. The summed E-state index contributed by atoms with van der Waals surface area (Å²) in [5, 5.41) is 7.29. The molecule has 0 bridgehead atoms. The zero-order valence-corrected chi connectivity index (χ0v) is 15.7. The Kier molecular flexibility index (Phi) is 6.12. The Morgan fingerprint density at radius 1 is 1.26 bits per heavy atom. The number of hydrogen-bond acceptors (Lipinski definition) is 5. The van der Waals surface area contributed by atoms with Gasteiger partial charge in [0, 0.05) is 39.7 Å². The fourth-order valence-corrected chi connectivity index (χ4v) is 3.06. The highest BCUT2D eigenvalue weighted by atomic mass is 16.5. The van der Waals surface area contributed by atoms with E-state index in [4.69, 9.17) is 9.47 Å². The third-order valence-electron chi connectivity index (χ3n) is 4.57. The van der Waals surface area contributed by atoms with Crippen LogP contribution in [0.4, 0.5) is 4.79 Å². The molecule has 0 fully saturated rings. The molecule has 1 aromatic heterocycles. The number of nitrogens with zero attached hydrogens (tertiary/aromatic N) is 4. The van der Waals surface area contributed by atoms with Gasteiger partial charge in [-0.3, -0.25) is 4.57 Å². The average molecular weight is 375 g/mol. The fraction of sp³-hybridized carbons (Fsp3) is 0.500. The number of urea groups is 1. The van der Waals surface area contributed by atoms with Crippen LogP contribution in [0.15, 0.2) is 29.1 Å². The molecule has 3 rings (SSSR count). The van der Waals surface area contributed by atoms with Crippen molar-refractivity contribution in [2.45, 2.75) is 26.1 Å². The van der Waals surface area contributed by atoms with Gasteiger partial charge in [0.25, 0.3) is 0 Å². The number of carbonyl (C=O) groups excluding carboxylic acids is 1. The molecule has 1 aliphatic rings. The molecule has 2 aromatic rings. The van der Waals surface area contributed by atoms with Gasteiger partial charge in [-0.1, -0.05) is 12.1 Å². The number of ether oxygens (including phenoxy) is 2. The molecule has 0 spiro atoms. The predicted octanol–water partition coefficient (Wildman–Crippen LogP) is 0.468. The van der Waals surface area contributed by atoms with E-state index < -0.39 is 0 Å². The fourth-order valence-electron chi connectivity index (χ4n) is 3.06. The van der Waals surface area contributed by atoms with Gasteiger partial charge in [-0.25, -0.2) is 14.3 Å². The van der Waals surface area contributed by atoms with Crippen molar-refractivity contribution in [1.82, 2.24) is 24.6 Å². The molecule has 1 aromatic carbocycles. The molecule has 2 amide bonds. The second kappa shape index (κ2) is 8.72. The van der Waals surface area contributed by atoms with Crippen molar-refractivity contribution in [2.24, 2.45) is 0 Å². The van der Waals surface area contributed by atoms with Crippen LogP contribution in [0, 0.1) is 0 Å². The molecule has 0 unspecified atom stereocenters. The summed E-state index contributed by atoms with van der Waals surface area (Å²) < 4.78 is 13.3. The lowest BCUT2D eigenvalue weighted by Crippen LogP contribution is -2.41. The van der Waals surface area contributed by atoms with Crippen LogP contribution in [-0.2, 0) is 30.8 Å². The van der Waals surface area contributed by atoms with Crippen molar-refractivity contribution in [3.8, 4) is 5.75 Å². The maximum atomic E-state index is 12.5. The van der Waals surface area contributed by atoms with Crippen LogP contribution >= 0.6 is 0 Å². The Morgan fingerprint density at radius 3 is 2.89 bits per heavy atom. The maximum Gasteiger partial charge on any atom is 0.346 e. The van der Waals surface area contributed by atoms with E-state index in [1.54, 1.807) is 23.7 Å². The van der Waals surface area contributed by atoms with Crippen LogP contribution in [0.3, 0.4) is 0 Å². The number of fused-ring (bicyclic) bond motifs is 1. The van der Waals surface area contributed by atoms with Gasteiger partial charge in [0.05, 0.1) is 20.3 Å². The maximum absolute atomic E-state index is 12.5. The Hall–Kier alpha value is -2.81. The van der Waals surface area contributed by atoms with E-state index >= 15 is 0 Å². The second-order valence-electron chi connectivity index (χ2n) is 6.31. The van der Waals surface area contributed by atoms with Crippen LogP contribution in [-0.4, -0.2) is 59.2 Å². The molecule has 146 valence electrons.